The van der Waals surface area contributed by atoms with Crippen molar-refractivity contribution in [1.82, 2.24) is 9.80 Å². The number of carboxylic acid groups (broad SMARTS) is 1. The van der Waals surface area contributed by atoms with E-state index in [0.29, 0.717) is 0 Å². The van der Waals surface area contributed by atoms with Gasteiger partial charge in [0.2, 0.25) is 0 Å². The number of carboxylic acids is 1. The number of aliphatic carboxylic acids is 1. The zero-order valence-electron chi connectivity index (χ0n) is 11.8. The fourth-order valence-corrected chi connectivity index (χ4v) is 2.10. The van der Waals surface area contributed by atoms with Crippen molar-refractivity contribution in [2.45, 2.75) is 38.5 Å². The molecule has 20 heavy (non-hydrogen) atoms. The molecule has 114 valence electrons. The second-order valence-corrected chi connectivity index (χ2v) is 4.98. The van der Waals surface area contributed by atoms with Crippen LogP contribution < -0.4 is 0 Å². The number of hydrogen-bond donors (Lipinski definition) is 2. The summed E-state index contributed by atoms with van der Waals surface area (Å²) in [5.74, 6) is -1.75. The Hall–Kier alpha value is -1.83. The topological polar surface area (TPSA) is 107 Å². The predicted octanol–water partition coefficient (Wildman–Crippen LogP) is -0.490. The third kappa shape index (κ3) is 3.60. The Kier molecular flexibility index (Phi) is 5.32. The van der Waals surface area contributed by atoms with Crippen LogP contribution in [0, 0.1) is 0 Å². The highest BCUT2D eigenvalue weighted by Gasteiger charge is 2.41. The van der Waals surface area contributed by atoms with Crippen LogP contribution in [0.3, 0.4) is 0 Å². The van der Waals surface area contributed by atoms with Crippen LogP contribution in [-0.4, -0.2) is 76.4 Å². The largest absolute Gasteiger partial charge is 0.480 e. The van der Waals surface area contributed by atoms with E-state index in [4.69, 9.17) is 5.11 Å². The highest BCUT2D eigenvalue weighted by molar-refractivity contribution is 5.86. The number of hydrogen-bond acceptors (Lipinski definition) is 5. The van der Waals surface area contributed by atoms with Crippen molar-refractivity contribution in [3.8, 4) is 0 Å². The van der Waals surface area contributed by atoms with Crippen LogP contribution >= 0.6 is 0 Å². The first-order valence-corrected chi connectivity index (χ1v) is 6.32. The third-order valence-electron chi connectivity index (χ3n) is 3.21. The molecular formula is C12H20N2O6. The number of ether oxygens (including phenoxy) is 1. The van der Waals surface area contributed by atoms with Gasteiger partial charge in [0.25, 0.3) is 0 Å². The smallest absolute Gasteiger partial charge is 0.326 e. The van der Waals surface area contributed by atoms with Gasteiger partial charge in [0.05, 0.1) is 13.2 Å². The fraction of sp³-hybridized carbons (Fsp3) is 0.750. The first kappa shape index (κ1) is 16.2. The summed E-state index contributed by atoms with van der Waals surface area (Å²) in [5, 5.41) is 18.6. The molecule has 0 spiro atoms. The summed E-state index contributed by atoms with van der Waals surface area (Å²) in [7, 11) is 1.21. The predicted molar refractivity (Wildman–Crippen MR) is 68.0 cm³/mol. The number of esters is 1. The number of amides is 2. The zero-order chi connectivity index (χ0) is 15.4. The van der Waals surface area contributed by atoms with Gasteiger partial charge in [0.1, 0.15) is 12.6 Å². The minimum Gasteiger partial charge on any atom is -0.480 e. The molecule has 0 aromatic rings. The van der Waals surface area contributed by atoms with Gasteiger partial charge in [-0.1, -0.05) is 0 Å². The van der Waals surface area contributed by atoms with Gasteiger partial charge in [-0.3, -0.25) is 4.79 Å². The van der Waals surface area contributed by atoms with Crippen LogP contribution in [0.25, 0.3) is 0 Å². The maximum absolute atomic E-state index is 12.4. The standard InChI is InChI=1S/C12H20N2O6/c1-7(2)13(6-10(16)20-3)12(19)14-5-8(15)4-9(14)11(17)18/h7-9,15H,4-6H2,1-3H3,(H,17,18)/t8?,9-/m0/s1. The van der Waals surface area contributed by atoms with Crippen molar-refractivity contribution < 1.29 is 29.3 Å². The van der Waals surface area contributed by atoms with E-state index in [2.05, 4.69) is 4.74 Å². The van der Waals surface area contributed by atoms with E-state index in [9.17, 15) is 19.5 Å². The van der Waals surface area contributed by atoms with Crippen molar-refractivity contribution in [1.29, 1.82) is 0 Å². The Morgan fingerprint density at radius 2 is 2.00 bits per heavy atom. The van der Waals surface area contributed by atoms with Gasteiger partial charge >= 0.3 is 18.0 Å². The Morgan fingerprint density at radius 1 is 1.40 bits per heavy atom. The number of urea groups is 1. The Bertz CT molecular complexity index is 397. The molecule has 1 aliphatic heterocycles. The summed E-state index contributed by atoms with van der Waals surface area (Å²) in [6.45, 7) is 3.11. The summed E-state index contributed by atoms with van der Waals surface area (Å²) in [5.41, 5.74) is 0. The lowest BCUT2D eigenvalue weighted by atomic mass is 10.2. The Balaban J connectivity index is 2.88. The van der Waals surface area contributed by atoms with Gasteiger partial charge in [-0.05, 0) is 13.8 Å². The minimum absolute atomic E-state index is 0.00870. The minimum atomic E-state index is -1.17. The summed E-state index contributed by atoms with van der Waals surface area (Å²) >= 11 is 0. The average molecular weight is 288 g/mol. The number of β-amino-alcohol motifs (C(OH)–C–C–N with tert-alkyl or cyclic N) is 1. The van der Waals surface area contributed by atoms with Crippen LogP contribution in [-0.2, 0) is 14.3 Å². The molecule has 8 nitrogen and oxygen atoms in total. The van der Waals surface area contributed by atoms with Crippen molar-refractivity contribution in [3.63, 3.8) is 0 Å². The lowest BCUT2D eigenvalue weighted by molar-refractivity contribution is -0.142. The van der Waals surface area contributed by atoms with Crippen LogP contribution in [0.2, 0.25) is 0 Å². The highest BCUT2D eigenvalue weighted by Crippen LogP contribution is 2.20. The second-order valence-electron chi connectivity index (χ2n) is 4.98. The Morgan fingerprint density at radius 3 is 2.45 bits per heavy atom. The van der Waals surface area contributed by atoms with Crippen LogP contribution in [0.4, 0.5) is 4.79 Å². The van der Waals surface area contributed by atoms with Gasteiger partial charge in [0, 0.05) is 19.0 Å². The number of carbonyl (C=O) groups is 3. The maximum Gasteiger partial charge on any atom is 0.326 e. The number of nitrogens with zero attached hydrogens (tertiary/aromatic N) is 2. The van der Waals surface area contributed by atoms with Gasteiger partial charge < -0.3 is 24.7 Å². The van der Waals surface area contributed by atoms with Gasteiger partial charge in [-0.15, -0.1) is 0 Å². The Labute approximate surface area is 116 Å². The number of carbonyl (C=O) groups excluding carboxylic acids is 2. The summed E-state index contributed by atoms with van der Waals surface area (Å²) in [6, 6.07) is -1.96. The summed E-state index contributed by atoms with van der Waals surface area (Å²) in [4.78, 5) is 37.1. The molecule has 0 aromatic carbocycles. The molecule has 0 bridgehead atoms. The third-order valence-corrected chi connectivity index (χ3v) is 3.21. The number of aliphatic hydroxyl groups excluding tert-OH is 1. The molecule has 1 aliphatic rings. The molecule has 0 aliphatic carbocycles. The van der Waals surface area contributed by atoms with Gasteiger partial charge in [-0.25, -0.2) is 9.59 Å². The molecule has 2 amide bonds. The van der Waals surface area contributed by atoms with Gasteiger partial charge in [-0.2, -0.15) is 0 Å². The second kappa shape index (κ2) is 6.56. The molecule has 0 aromatic heterocycles. The van der Waals surface area contributed by atoms with Crippen molar-refractivity contribution >= 4 is 18.0 Å². The molecule has 8 heteroatoms. The lowest BCUT2D eigenvalue weighted by Crippen LogP contribution is -2.52. The summed E-state index contributed by atoms with van der Waals surface area (Å²) in [6.07, 6.45) is -0.877. The van der Waals surface area contributed by atoms with Crippen molar-refractivity contribution in [2.24, 2.45) is 0 Å². The molecule has 1 heterocycles. The van der Waals surface area contributed by atoms with Crippen molar-refractivity contribution in [3.05, 3.63) is 0 Å². The van der Waals surface area contributed by atoms with E-state index in [1.54, 1.807) is 13.8 Å². The van der Waals surface area contributed by atoms with E-state index in [1.165, 1.54) is 12.0 Å². The summed E-state index contributed by atoms with van der Waals surface area (Å²) < 4.78 is 4.52. The molecule has 2 N–H and O–H groups in total. The molecule has 0 saturated carbocycles. The van der Waals surface area contributed by atoms with Crippen LogP contribution in [0.15, 0.2) is 0 Å². The first-order valence-electron chi connectivity index (χ1n) is 6.32. The molecule has 1 unspecified atom stereocenters. The molecule has 1 saturated heterocycles. The van der Waals surface area contributed by atoms with E-state index < -0.39 is 30.1 Å². The van der Waals surface area contributed by atoms with E-state index in [-0.39, 0.29) is 25.6 Å². The number of likely N-dealkylation sites (tertiary alicyclic amines) is 1. The molecule has 1 rings (SSSR count). The quantitative estimate of drug-likeness (QED) is 0.676. The molecular weight excluding hydrogens is 268 g/mol. The van der Waals surface area contributed by atoms with Crippen LogP contribution in [0.1, 0.15) is 20.3 Å². The average Bonchev–Trinajstić information content (AvgIpc) is 2.76. The van der Waals surface area contributed by atoms with E-state index in [1.807, 2.05) is 0 Å². The number of rotatable bonds is 4. The molecule has 0 radical (unpaired) electrons. The molecule has 2 atom stereocenters. The normalized spacial score (nSPS) is 21.9. The van der Waals surface area contributed by atoms with Crippen molar-refractivity contribution in [2.75, 3.05) is 20.2 Å². The van der Waals surface area contributed by atoms with E-state index >= 15 is 0 Å². The zero-order valence-corrected chi connectivity index (χ0v) is 11.8. The SMILES string of the molecule is COC(=O)CN(C(=O)N1CC(O)C[C@H]1C(=O)O)C(C)C. The van der Waals surface area contributed by atoms with Crippen LogP contribution in [0.5, 0.6) is 0 Å². The highest BCUT2D eigenvalue weighted by atomic mass is 16.5. The lowest BCUT2D eigenvalue weighted by Gasteiger charge is -2.32. The first-order chi connectivity index (χ1) is 9.27. The monoisotopic (exact) mass is 288 g/mol. The number of methoxy groups -OCH3 is 1. The fourth-order valence-electron chi connectivity index (χ4n) is 2.10. The molecule has 1 fully saturated rings. The van der Waals surface area contributed by atoms with E-state index in [0.717, 1.165) is 4.90 Å². The van der Waals surface area contributed by atoms with Gasteiger partial charge in [0.15, 0.2) is 0 Å². The maximum atomic E-state index is 12.4. The number of aliphatic hydroxyl groups is 1.